The molecule has 0 aliphatic rings. The Labute approximate surface area is 113 Å². The topological polar surface area (TPSA) is 145 Å². The van der Waals surface area contributed by atoms with Gasteiger partial charge in [0.25, 0.3) is 0 Å². The van der Waals surface area contributed by atoms with E-state index in [1.165, 1.54) is 0 Å². The summed E-state index contributed by atoms with van der Waals surface area (Å²) >= 11 is 0. The number of Topliss-reactive ketones (excluding diaryl/α,β-unsaturated/α-hetero) is 2. The number of nitro groups is 2. The second-order valence-electron chi connectivity index (χ2n) is 3.79. The third-order valence-corrected chi connectivity index (χ3v) is 2.14. The van der Waals surface area contributed by atoms with Crippen molar-refractivity contribution in [2.24, 2.45) is 9.98 Å². The quantitative estimate of drug-likeness (QED) is 0.244. The van der Waals surface area contributed by atoms with Crippen LogP contribution in [0.3, 0.4) is 0 Å². The molecule has 0 spiro atoms. The molecular weight excluding hydrogens is 272 g/mol. The van der Waals surface area contributed by atoms with Gasteiger partial charge in [-0.15, -0.1) is 0 Å². The highest BCUT2D eigenvalue weighted by molar-refractivity contribution is 5.96. The Balaban J connectivity index is 4.31. The molecule has 10 heteroatoms. The third-order valence-electron chi connectivity index (χ3n) is 2.14. The van der Waals surface area contributed by atoms with Crippen LogP contribution in [-0.4, -0.2) is 59.0 Å². The van der Waals surface area contributed by atoms with Crippen molar-refractivity contribution in [1.82, 2.24) is 0 Å². The van der Waals surface area contributed by atoms with Crippen molar-refractivity contribution < 1.29 is 19.4 Å². The lowest BCUT2D eigenvalue weighted by molar-refractivity contribution is -0.487. The van der Waals surface area contributed by atoms with Crippen molar-refractivity contribution in [2.45, 2.75) is 25.9 Å². The standard InChI is InChI=1S/C10H14N4O6/c1-7(15)9(13(17)18)5-11-3-4-12-6-10(8(2)16)14(19)20/h5-6,9-10H,3-4H2,1-2H3. The van der Waals surface area contributed by atoms with Gasteiger partial charge in [0, 0.05) is 23.7 Å². The van der Waals surface area contributed by atoms with Gasteiger partial charge in [-0.25, -0.2) is 0 Å². The van der Waals surface area contributed by atoms with E-state index in [1.54, 1.807) is 0 Å². The van der Waals surface area contributed by atoms with Crippen LogP contribution in [0.5, 0.6) is 0 Å². The molecular formula is C10H14N4O6. The highest BCUT2D eigenvalue weighted by atomic mass is 16.6. The smallest absolute Gasteiger partial charge is 0.292 e. The average Bonchev–Trinajstić information content (AvgIpc) is 2.30. The number of nitrogens with zero attached hydrogens (tertiary/aromatic N) is 4. The zero-order chi connectivity index (χ0) is 15.7. The summed E-state index contributed by atoms with van der Waals surface area (Å²) < 4.78 is 0. The van der Waals surface area contributed by atoms with E-state index in [0.29, 0.717) is 0 Å². The monoisotopic (exact) mass is 286 g/mol. The van der Waals surface area contributed by atoms with Crippen molar-refractivity contribution in [2.75, 3.05) is 13.1 Å². The number of carbonyl (C=O) groups excluding carboxylic acids is 2. The molecule has 0 heterocycles. The normalized spacial score (nSPS) is 14.3. The molecule has 0 radical (unpaired) electrons. The van der Waals surface area contributed by atoms with Crippen LogP contribution in [0.2, 0.25) is 0 Å². The molecule has 0 aliphatic carbocycles. The Bertz CT molecular complexity index is 389. The van der Waals surface area contributed by atoms with Crippen molar-refractivity contribution >= 4 is 24.0 Å². The molecule has 2 atom stereocenters. The molecule has 0 saturated carbocycles. The Hall–Kier alpha value is -2.52. The summed E-state index contributed by atoms with van der Waals surface area (Å²) in [5, 5.41) is 20.9. The van der Waals surface area contributed by atoms with Gasteiger partial charge in [-0.05, 0) is 0 Å². The van der Waals surface area contributed by atoms with Gasteiger partial charge in [0.1, 0.15) is 0 Å². The number of aliphatic imine (C=N–C) groups is 2. The number of rotatable bonds is 9. The van der Waals surface area contributed by atoms with Crippen molar-refractivity contribution in [3.63, 3.8) is 0 Å². The van der Waals surface area contributed by atoms with Crippen LogP contribution in [0.25, 0.3) is 0 Å². The zero-order valence-corrected chi connectivity index (χ0v) is 11.0. The van der Waals surface area contributed by atoms with Gasteiger partial charge in [-0.1, -0.05) is 0 Å². The van der Waals surface area contributed by atoms with E-state index in [9.17, 15) is 29.8 Å². The summed E-state index contributed by atoms with van der Waals surface area (Å²) in [4.78, 5) is 48.4. The maximum Gasteiger partial charge on any atom is 0.304 e. The molecule has 0 rings (SSSR count). The SMILES string of the molecule is CC(=O)C(C=NCCN=CC(C(C)=O)[N+](=O)[O-])[N+](=O)[O-]. The maximum atomic E-state index is 10.9. The van der Waals surface area contributed by atoms with Crippen molar-refractivity contribution in [3.05, 3.63) is 20.2 Å². The van der Waals surface area contributed by atoms with E-state index < -0.39 is 33.5 Å². The molecule has 0 saturated heterocycles. The van der Waals surface area contributed by atoms with Crippen molar-refractivity contribution in [3.8, 4) is 0 Å². The molecule has 10 nitrogen and oxygen atoms in total. The predicted molar refractivity (Wildman–Crippen MR) is 69.6 cm³/mol. The van der Waals surface area contributed by atoms with E-state index >= 15 is 0 Å². The molecule has 20 heavy (non-hydrogen) atoms. The largest absolute Gasteiger partial charge is 0.304 e. The first-order valence-corrected chi connectivity index (χ1v) is 5.55. The number of ketones is 2. The Morgan fingerprint density at radius 1 is 0.950 bits per heavy atom. The minimum Gasteiger partial charge on any atom is -0.292 e. The first kappa shape index (κ1) is 17.5. The average molecular weight is 286 g/mol. The summed E-state index contributed by atoms with van der Waals surface area (Å²) in [5.41, 5.74) is 0. The first-order chi connectivity index (χ1) is 9.27. The lowest BCUT2D eigenvalue weighted by Gasteiger charge is -1.99. The summed E-state index contributed by atoms with van der Waals surface area (Å²) in [7, 11) is 0. The van der Waals surface area contributed by atoms with E-state index in [4.69, 9.17) is 0 Å². The van der Waals surface area contributed by atoms with Gasteiger partial charge in [0.15, 0.2) is 0 Å². The van der Waals surface area contributed by atoms with E-state index in [1.807, 2.05) is 0 Å². The van der Waals surface area contributed by atoms with E-state index in [2.05, 4.69) is 9.98 Å². The minimum absolute atomic E-state index is 0.0243. The van der Waals surface area contributed by atoms with Crippen LogP contribution in [0.4, 0.5) is 0 Å². The van der Waals surface area contributed by atoms with Gasteiger partial charge >= 0.3 is 12.1 Å². The van der Waals surface area contributed by atoms with E-state index in [-0.39, 0.29) is 13.1 Å². The third kappa shape index (κ3) is 6.42. The second kappa shape index (κ2) is 8.56. The zero-order valence-electron chi connectivity index (χ0n) is 11.0. The fraction of sp³-hybridized carbons (Fsp3) is 0.600. The van der Waals surface area contributed by atoms with Crippen LogP contribution in [0, 0.1) is 20.2 Å². The highest BCUT2D eigenvalue weighted by Gasteiger charge is 2.23. The fourth-order valence-corrected chi connectivity index (χ4v) is 1.08. The predicted octanol–water partition coefficient (Wildman–Crippen LogP) is -0.403. The van der Waals surface area contributed by atoms with E-state index in [0.717, 1.165) is 26.3 Å². The fourth-order valence-electron chi connectivity index (χ4n) is 1.08. The first-order valence-electron chi connectivity index (χ1n) is 5.55. The van der Waals surface area contributed by atoms with Crippen LogP contribution in [0.15, 0.2) is 9.98 Å². The molecule has 0 N–H and O–H groups in total. The van der Waals surface area contributed by atoms with Gasteiger partial charge in [-0.3, -0.25) is 39.8 Å². The second-order valence-corrected chi connectivity index (χ2v) is 3.79. The molecule has 110 valence electrons. The molecule has 0 aromatic heterocycles. The number of carbonyl (C=O) groups is 2. The van der Waals surface area contributed by atoms with Crippen LogP contribution in [0.1, 0.15) is 13.8 Å². The molecule has 0 fully saturated rings. The van der Waals surface area contributed by atoms with Crippen LogP contribution >= 0.6 is 0 Å². The van der Waals surface area contributed by atoms with Crippen LogP contribution < -0.4 is 0 Å². The van der Waals surface area contributed by atoms with Gasteiger partial charge < -0.3 is 0 Å². The van der Waals surface area contributed by atoms with Gasteiger partial charge in [0.2, 0.25) is 11.6 Å². The van der Waals surface area contributed by atoms with Gasteiger partial charge in [0.05, 0.1) is 25.5 Å². The molecule has 0 aromatic carbocycles. The summed E-state index contributed by atoms with van der Waals surface area (Å²) in [6.45, 7) is 2.20. The minimum atomic E-state index is -1.50. The summed E-state index contributed by atoms with van der Waals surface area (Å²) in [5.74, 6) is -1.29. The lowest BCUT2D eigenvalue weighted by Crippen LogP contribution is -2.29. The Morgan fingerprint density at radius 3 is 1.45 bits per heavy atom. The lowest BCUT2D eigenvalue weighted by atomic mass is 10.2. The van der Waals surface area contributed by atoms with Gasteiger partial charge in [-0.2, -0.15) is 0 Å². The number of hydrogen-bond acceptors (Lipinski definition) is 8. The Morgan fingerprint density at radius 2 is 1.25 bits per heavy atom. The Kier molecular flexibility index (Phi) is 7.48. The molecule has 0 amide bonds. The molecule has 2 unspecified atom stereocenters. The summed E-state index contributed by atoms with van der Waals surface area (Å²) in [6, 6.07) is -2.99. The molecule has 0 aliphatic heterocycles. The van der Waals surface area contributed by atoms with Crippen molar-refractivity contribution in [1.29, 1.82) is 0 Å². The van der Waals surface area contributed by atoms with Crippen LogP contribution in [-0.2, 0) is 9.59 Å². The summed E-state index contributed by atoms with van der Waals surface area (Å²) in [6.07, 6.45) is 1.79. The highest BCUT2D eigenvalue weighted by Crippen LogP contribution is 1.90. The maximum absolute atomic E-state index is 10.9. The molecule has 0 aromatic rings. The molecule has 0 bridgehead atoms. The number of hydrogen-bond donors (Lipinski definition) is 0.